The molecular weight excluding hydrogens is 339 g/mol. The number of aromatic nitrogens is 3. The van der Waals surface area contributed by atoms with Crippen LogP contribution in [0.15, 0.2) is 36.4 Å². The highest BCUT2D eigenvalue weighted by atomic mass is 19.1. The van der Waals surface area contributed by atoms with Gasteiger partial charge in [-0.05, 0) is 24.3 Å². The van der Waals surface area contributed by atoms with Gasteiger partial charge < -0.3 is 15.2 Å². The van der Waals surface area contributed by atoms with Crippen molar-refractivity contribution in [3.63, 3.8) is 0 Å². The van der Waals surface area contributed by atoms with E-state index in [1.54, 1.807) is 12.1 Å². The predicted molar refractivity (Wildman–Crippen MR) is 93.4 cm³/mol. The molecule has 0 fully saturated rings. The van der Waals surface area contributed by atoms with Gasteiger partial charge in [-0.25, -0.2) is 9.37 Å². The number of nitrogens with zero attached hydrogens (tertiary/aromatic N) is 3. The Labute approximate surface area is 147 Å². The molecule has 0 aliphatic carbocycles. The number of nitrogens with two attached hydrogens (primary N) is 1. The van der Waals surface area contributed by atoms with Gasteiger partial charge in [-0.15, -0.1) is 5.10 Å². The number of nitrogen functional groups attached to an aromatic ring is 1. The molecule has 0 unspecified atom stereocenters. The van der Waals surface area contributed by atoms with Gasteiger partial charge in [0.15, 0.2) is 23.0 Å². The molecule has 0 saturated heterocycles. The van der Waals surface area contributed by atoms with Crippen LogP contribution in [0.25, 0.3) is 16.6 Å². The van der Waals surface area contributed by atoms with Crippen molar-refractivity contribution in [2.75, 3.05) is 26.1 Å². The van der Waals surface area contributed by atoms with Gasteiger partial charge >= 0.3 is 0 Å². The van der Waals surface area contributed by atoms with Gasteiger partial charge in [-0.1, -0.05) is 12.1 Å². The summed E-state index contributed by atoms with van der Waals surface area (Å²) >= 11 is 0. The number of para-hydroxylation sites is 1. The summed E-state index contributed by atoms with van der Waals surface area (Å²) in [5, 5.41) is 4.63. The summed E-state index contributed by atoms with van der Waals surface area (Å²) in [5.74, 6) is -1.20. The van der Waals surface area contributed by atoms with E-state index in [-0.39, 0.29) is 17.1 Å². The minimum atomic E-state index is -0.635. The molecule has 0 bridgehead atoms. The third-order valence-electron chi connectivity index (χ3n) is 4.19. The number of ether oxygens (including phenoxy) is 2. The standard InChI is InChI=1S/C18H15FN4O3/c1-25-15-11(3-2-4-13(15)19)18(24)23-17-12(16(20)22-23)5-6-14(21-17)10-7-8-26-9-10/h2-7H,8-9H2,1H3,(H2,20,22). The minimum absolute atomic E-state index is 0.0347. The molecule has 0 atom stereocenters. The van der Waals surface area contributed by atoms with Crippen molar-refractivity contribution >= 4 is 28.3 Å². The Morgan fingerprint density at radius 2 is 2.19 bits per heavy atom. The summed E-state index contributed by atoms with van der Waals surface area (Å²) in [6, 6.07) is 7.67. The van der Waals surface area contributed by atoms with E-state index >= 15 is 0 Å². The molecule has 2 aromatic heterocycles. The summed E-state index contributed by atoms with van der Waals surface area (Å²) in [6.07, 6.45) is 1.93. The van der Waals surface area contributed by atoms with Crippen molar-refractivity contribution in [2.24, 2.45) is 0 Å². The Morgan fingerprint density at radius 1 is 1.35 bits per heavy atom. The van der Waals surface area contributed by atoms with Crippen LogP contribution in [-0.4, -0.2) is 41.0 Å². The lowest BCUT2D eigenvalue weighted by atomic mass is 10.1. The zero-order valence-electron chi connectivity index (χ0n) is 13.9. The number of methoxy groups -OCH3 is 1. The van der Waals surface area contributed by atoms with Gasteiger partial charge in [0.25, 0.3) is 5.91 Å². The van der Waals surface area contributed by atoms with Gasteiger partial charge in [0, 0.05) is 5.57 Å². The molecular formula is C18H15FN4O3. The molecule has 1 aliphatic rings. The van der Waals surface area contributed by atoms with Gasteiger partial charge in [0.05, 0.1) is 37.0 Å². The van der Waals surface area contributed by atoms with E-state index in [9.17, 15) is 9.18 Å². The number of rotatable bonds is 3. The summed E-state index contributed by atoms with van der Waals surface area (Å²) in [7, 11) is 1.30. The van der Waals surface area contributed by atoms with Crippen LogP contribution in [0.1, 0.15) is 16.1 Å². The molecule has 3 aromatic rings. The Morgan fingerprint density at radius 3 is 2.92 bits per heavy atom. The first kappa shape index (κ1) is 16.2. The van der Waals surface area contributed by atoms with Crippen LogP contribution in [0.3, 0.4) is 0 Å². The monoisotopic (exact) mass is 354 g/mol. The fraction of sp³-hybridized carbons (Fsp3) is 0.167. The first-order valence-corrected chi connectivity index (χ1v) is 7.89. The van der Waals surface area contributed by atoms with Crippen LogP contribution in [0.2, 0.25) is 0 Å². The maximum atomic E-state index is 13.9. The Bertz CT molecular complexity index is 1060. The molecule has 26 heavy (non-hydrogen) atoms. The summed E-state index contributed by atoms with van der Waals surface area (Å²) in [4.78, 5) is 17.5. The van der Waals surface area contributed by atoms with E-state index < -0.39 is 11.7 Å². The van der Waals surface area contributed by atoms with Crippen LogP contribution >= 0.6 is 0 Å². The summed E-state index contributed by atoms with van der Waals surface area (Å²) < 4.78 is 25.4. The lowest BCUT2D eigenvalue weighted by molar-refractivity contribution is 0.0946. The van der Waals surface area contributed by atoms with E-state index in [0.29, 0.717) is 29.9 Å². The first-order valence-electron chi connectivity index (χ1n) is 7.89. The molecule has 0 amide bonds. The third kappa shape index (κ3) is 2.51. The van der Waals surface area contributed by atoms with Crippen molar-refractivity contribution in [1.29, 1.82) is 0 Å². The molecule has 7 nitrogen and oxygen atoms in total. The van der Waals surface area contributed by atoms with E-state index in [0.717, 1.165) is 10.3 Å². The number of hydrogen-bond donors (Lipinski definition) is 1. The fourth-order valence-electron chi connectivity index (χ4n) is 2.90. The molecule has 4 rings (SSSR count). The van der Waals surface area contributed by atoms with E-state index in [4.69, 9.17) is 15.2 Å². The lowest BCUT2D eigenvalue weighted by Crippen LogP contribution is -2.16. The molecule has 2 N–H and O–H groups in total. The van der Waals surface area contributed by atoms with Crippen molar-refractivity contribution in [3.05, 3.63) is 53.5 Å². The lowest BCUT2D eigenvalue weighted by Gasteiger charge is -2.09. The van der Waals surface area contributed by atoms with Crippen molar-refractivity contribution in [1.82, 2.24) is 14.8 Å². The first-order chi connectivity index (χ1) is 12.6. The second-order valence-corrected chi connectivity index (χ2v) is 5.73. The van der Waals surface area contributed by atoms with Crippen LogP contribution in [0, 0.1) is 5.82 Å². The van der Waals surface area contributed by atoms with E-state index in [1.165, 1.54) is 25.3 Å². The molecule has 0 radical (unpaired) electrons. The highest BCUT2D eigenvalue weighted by Gasteiger charge is 2.23. The molecule has 0 spiro atoms. The van der Waals surface area contributed by atoms with Crippen molar-refractivity contribution in [2.45, 2.75) is 0 Å². The number of hydrogen-bond acceptors (Lipinski definition) is 6. The minimum Gasteiger partial charge on any atom is -0.493 e. The number of fused-ring (bicyclic) bond motifs is 1. The van der Waals surface area contributed by atoms with Crippen LogP contribution in [-0.2, 0) is 4.74 Å². The molecule has 8 heteroatoms. The summed E-state index contributed by atoms with van der Waals surface area (Å²) in [6.45, 7) is 0.976. The van der Waals surface area contributed by atoms with Crippen LogP contribution in [0.5, 0.6) is 5.75 Å². The number of benzene rings is 1. The van der Waals surface area contributed by atoms with Crippen LogP contribution < -0.4 is 10.5 Å². The Balaban J connectivity index is 1.87. The van der Waals surface area contributed by atoms with E-state index in [1.807, 2.05) is 6.08 Å². The number of anilines is 1. The average molecular weight is 354 g/mol. The number of carbonyl (C=O) groups excluding carboxylic acids is 1. The highest BCUT2D eigenvalue weighted by Crippen LogP contribution is 2.27. The van der Waals surface area contributed by atoms with E-state index in [2.05, 4.69) is 10.1 Å². The Hall–Kier alpha value is -3.26. The van der Waals surface area contributed by atoms with Crippen molar-refractivity contribution < 1.29 is 18.7 Å². The largest absolute Gasteiger partial charge is 0.493 e. The number of carbonyl (C=O) groups is 1. The molecule has 3 heterocycles. The zero-order valence-corrected chi connectivity index (χ0v) is 13.9. The van der Waals surface area contributed by atoms with Gasteiger partial charge in [-0.3, -0.25) is 4.79 Å². The predicted octanol–water partition coefficient (Wildman–Crippen LogP) is 2.26. The third-order valence-corrected chi connectivity index (χ3v) is 4.19. The summed E-state index contributed by atoms with van der Waals surface area (Å²) in [5.41, 5.74) is 7.86. The molecule has 0 saturated carbocycles. The smallest absolute Gasteiger partial charge is 0.284 e. The SMILES string of the molecule is COc1c(F)cccc1C(=O)n1nc(N)c2ccc(C3=CCOC3)nc21. The van der Waals surface area contributed by atoms with Gasteiger partial charge in [0.1, 0.15) is 0 Å². The van der Waals surface area contributed by atoms with Gasteiger partial charge in [0.2, 0.25) is 0 Å². The molecule has 1 aromatic carbocycles. The number of pyridine rings is 1. The topological polar surface area (TPSA) is 92.3 Å². The van der Waals surface area contributed by atoms with Crippen molar-refractivity contribution in [3.8, 4) is 5.75 Å². The molecule has 132 valence electrons. The number of halogens is 1. The second-order valence-electron chi connectivity index (χ2n) is 5.73. The second kappa shape index (κ2) is 6.23. The average Bonchev–Trinajstić information content (AvgIpc) is 3.29. The normalized spacial score (nSPS) is 13.8. The van der Waals surface area contributed by atoms with Crippen LogP contribution in [0.4, 0.5) is 10.2 Å². The molecule has 1 aliphatic heterocycles. The maximum absolute atomic E-state index is 13.9. The maximum Gasteiger partial charge on any atom is 0.284 e. The highest BCUT2D eigenvalue weighted by molar-refractivity contribution is 6.04. The quantitative estimate of drug-likeness (QED) is 0.776. The van der Waals surface area contributed by atoms with Gasteiger partial charge in [-0.2, -0.15) is 4.68 Å². The zero-order chi connectivity index (χ0) is 18.3. The Kier molecular flexibility index (Phi) is 3.89. The fourth-order valence-corrected chi connectivity index (χ4v) is 2.90.